The second-order valence-electron chi connectivity index (χ2n) is 4.31. The van der Waals surface area contributed by atoms with Crippen molar-refractivity contribution in [3.8, 4) is 0 Å². The van der Waals surface area contributed by atoms with Crippen LogP contribution in [0, 0.1) is 0 Å². The molecule has 1 aliphatic rings. The molecule has 1 unspecified atom stereocenters. The summed E-state index contributed by atoms with van der Waals surface area (Å²) in [6, 6.07) is 4.62. The number of rotatable bonds is 7. The molecule has 1 aliphatic carbocycles. The molecule has 0 aliphatic heterocycles. The SMILES string of the molecule is CCCS(=O)Cc1ccc(CNC2CC2)o1. The van der Waals surface area contributed by atoms with Crippen LogP contribution in [0.3, 0.4) is 0 Å². The average molecular weight is 241 g/mol. The smallest absolute Gasteiger partial charge is 0.118 e. The van der Waals surface area contributed by atoms with E-state index in [9.17, 15) is 4.21 Å². The Hall–Kier alpha value is -0.610. The van der Waals surface area contributed by atoms with Gasteiger partial charge in [-0.05, 0) is 31.4 Å². The minimum atomic E-state index is -0.772. The highest BCUT2D eigenvalue weighted by Gasteiger charge is 2.20. The lowest BCUT2D eigenvalue weighted by Crippen LogP contribution is -2.14. The van der Waals surface area contributed by atoms with Crippen molar-refractivity contribution < 1.29 is 8.63 Å². The van der Waals surface area contributed by atoms with Gasteiger partial charge >= 0.3 is 0 Å². The van der Waals surface area contributed by atoms with Crippen LogP contribution in [0.2, 0.25) is 0 Å². The summed E-state index contributed by atoms with van der Waals surface area (Å²) >= 11 is 0. The second-order valence-corrected chi connectivity index (χ2v) is 5.89. The summed E-state index contributed by atoms with van der Waals surface area (Å²) in [6.07, 6.45) is 3.53. The standard InChI is InChI=1S/C12H19NO2S/c1-2-7-16(14)9-12-6-5-11(15-12)8-13-10-3-4-10/h5-6,10,13H,2-4,7-9H2,1H3. The Kier molecular flexibility index (Phi) is 4.18. The number of hydrogen-bond donors (Lipinski definition) is 1. The van der Waals surface area contributed by atoms with Crippen molar-refractivity contribution >= 4 is 10.8 Å². The Labute approximate surface area is 99.1 Å². The largest absolute Gasteiger partial charge is 0.464 e. The third-order valence-corrected chi connectivity index (χ3v) is 4.06. The van der Waals surface area contributed by atoms with Crippen molar-refractivity contribution in [3.63, 3.8) is 0 Å². The predicted octanol–water partition coefficient (Wildman–Crippen LogP) is 2.19. The maximum atomic E-state index is 11.5. The van der Waals surface area contributed by atoms with E-state index in [4.69, 9.17) is 4.42 Å². The summed E-state index contributed by atoms with van der Waals surface area (Å²) in [7, 11) is -0.772. The van der Waals surface area contributed by atoms with Crippen LogP contribution in [-0.2, 0) is 23.1 Å². The molecule has 90 valence electrons. The molecule has 0 aromatic carbocycles. The van der Waals surface area contributed by atoms with Crippen LogP contribution >= 0.6 is 0 Å². The monoisotopic (exact) mass is 241 g/mol. The van der Waals surface area contributed by atoms with Gasteiger partial charge in [-0.25, -0.2) is 0 Å². The Bertz CT molecular complexity index is 358. The molecule has 4 heteroatoms. The minimum Gasteiger partial charge on any atom is -0.464 e. The first-order valence-electron chi connectivity index (χ1n) is 5.94. The molecule has 0 bridgehead atoms. The van der Waals surface area contributed by atoms with Gasteiger partial charge in [0.2, 0.25) is 0 Å². The van der Waals surface area contributed by atoms with E-state index >= 15 is 0 Å². The van der Waals surface area contributed by atoms with Crippen molar-refractivity contribution in [2.24, 2.45) is 0 Å². The molecular weight excluding hydrogens is 222 g/mol. The number of hydrogen-bond acceptors (Lipinski definition) is 3. The predicted molar refractivity (Wildman–Crippen MR) is 65.6 cm³/mol. The van der Waals surface area contributed by atoms with Crippen molar-refractivity contribution in [3.05, 3.63) is 23.7 Å². The molecule has 0 amide bonds. The van der Waals surface area contributed by atoms with E-state index in [0.29, 0.717) is 11.8 Å². The van der Waals surface area contributed by atoms with Gasteiger partial charge in [0.15, 0.2) is 0 Å². The summed E-state index contributed by atoms with van der Waals surface area (Å²) in [5.41, 5.74) is 0. The molecule has 1 fully saturated rings. The highest BCUT2D eigenvalue weighted by Crippen LogP contribution is 2.19. The molecule has 0 spiro atoms. The van der Waals surface area contributed by atoms with E-state index in [-0.39, 0.29) is 0 Å². The van der Waals surface area contributed by atoms with Gasteiger partial charge in [0, 0.05) is 22.6 Å². The topological polar surface area (TPSA) is 42.2 Å². The summed E-state index contributed by atoms with van der Waals surface area (Å²) in [5.74, 6) is 3.11. The summed E-state index contributed by atoms with van der Waals surface area (Å²) in [4.78, 5) is 0. The lowest BCUT2D eigenvalue weighted by molar-refractivity contribution is 0.457. The molecule has 0 radical (unpaired) electrons. The summed E-state index contributed by atoms with van der Waals surface area (Å²) in [6.45, 7) is 2.84. The lowest BCUT2D eigenvalue weighted by Gasteiger charge is -1.99. The number of furan rings is 1. The first-order chi connectivity index (χ1) is 7.78. The van der Waals surface area contributed by atoms with Crippen LogP contribution in [0.4, 0.5) is 0 Å². The normalized spacial score (nSPS) is 17.6. The zero-order valence-corrected chi connectivity index (χ0v) is 10.5. The third-order valence-electron chi connectivity index (χ3n) is 2.59. The summed E-state index contributed by atoms with van der Waals surface area (Å²) < 4.78 is 17.2. The van der Waals surface area contributed by atoms with Crippen molar-refractivity contribution in [1.82, 2.24) is 5.32 Å². The van der Waals surface area contributed by atoms with E-state index in [2.05, 4.69) is 5.32 Å². The maximum absolute atomic E-state index is 11.5. The van der Waals surface area contributed by atoms with Crippen molar-refractivity contribution in [1.29, 1.82) is 0 Å². The van der Waals surface area contributed by atoms with Gasteiger partial charge in [0.1, 0.15) is 11.5 Å². The maximum Gasteiger partial charge on any atom is 0.118 e. The Morgan fingerprint density at radius 1 is 1.44 bits per heavy atom. The van der Waals surface area contributed by atoms with Gasteiger partial charge in [0.25, 0.3) is 0 Å². The van der Waals surface area contributed by atoms with Gasteiger partial charge in [-0.3, -0.25) is 4.21 Å². The fourth-order valence-electron chi connectivity index (χ4n) is 1.59. The van der Waals surface area contributed by atoms with Gasteiger partial charge in [0.05, 0.1) is 12.3 Å². The molecular formula is C12H19NO2S. The first-order valence-corrected chi connectivity index (χ1v) is 7.42. The van der Waals surface area contributed by atoms with Gasteiger partial charge in [-0.15, -0.1) is 0 Å². The molecule has 2 rings (SSSR count). The van der Waals surface area contributed by atoms with Crippen LogP contribution in [-0.4, -0.2) is 16.0 Å². The summed E-state index contributed by atoms with van der Waals surface area (Å²) in [5, 5.41) is 3.40. The van der Waals surface area contributed by atoms with E-state index in [1.807, 2.05) is 19.1 Å². The van der Waals surface area contributed by atoms with E-state index < -0.39 is 10.8 Å². The van der Waals surface area contributed by atoms with E-state index in [0.717, 1.165) is 30.2 Å². The molecule has 1 aromatic rings. The zero-order valence-electron chi connectivity index (χ0n) is 9.70. The van der Waals surface area contributed by atoms with Gasteiger partial charge in [-0.1, -0.05) is 6.92 Å². The Morgan fingerprint density at radius 3 is 2.88 bits per heavy atom. The Morgan fingerprint density at radius 2 is 2.19 bits per heavy atom. The van der Waals surface area contributed by atoms with Gasteiger partial charge in [-0.2, -0.15) is 0 Å². The molecule has 16 heavy (non-hydrogen) atoms. The van der Waals surface area contributed by atoms with Crippen LogP contribution < -0.4 is 5.32 Å². The van der Waals surface area contributed by atoms with Crippen LogP contribution in [0.15, 0.2) is 16.5 Å². The molecule has 1 atom stereocenters. The lowest BCUT2D eigenvalue weighted by atomic mass is 10.4. The van der Waals surface area contributed by atoms with Gasteiger partial charge < -0.3 is 9.73 Å². The molecule has 0 saturated heterocycles. The Balaban J connectivity index is 1.78. The van der Waals surface area contributed by atoms with Crippen molar-refractivity contribution in [2.45, 2.75) is 44.5 Å². The zero-order chi connectivity index (χ0) is 11.4. The highest BCUT2D eigenvalue weighted by atomic mass is 32.2. The molecule has 1 heterocycles. The molecule has 3 nitrogen and oxygen atoms in total. The second kappa shape index (κ2) is 5.64. The third kappa shape index (κ3) is 3.76. The molecule has 1 aromatic heterocycles. The average Bonchev–Trinajstić information content (AvgIpc) is 2.98. The highest BCUT2D eigenvalue weighted by molar-refractivity contribution is 7.84. The molecule has 1 N–H and O–H groups in total. The van der Waals surface area contributed by atoms with Crippen LogP contribution in [0.25, 0.3) is 0 Å². The van der Waals surface area contributed by atoms with E-state index in [1.165, 1.54) is 12.8 Å². The van der Waals surface area contributed by atoms with Crippen LogP contribution in [0.1, 0.15) is 37.7 Å². The fourth-order valence-corrected chi connectivity index (χ4v) is 2.66. The molecule has 1 saturated carbocycles. The fraction of sp³-hybridized carbons (Fsp3) is 0.667. The van der Waals surface area contributed by atoms with Crippen LogP contribution in [0.5, 0.6) is 0 Å². The minimum absolute atomic E-state index is 0.553. The number of nitrogens with one attached hydrogen (secondary N) is 1. The first kappa shape index (κ1) is 11.9. The van der Waals surface area contributed by atoms with Crippen molar-refractivity contribution in [2.75, 3.05) is 5.75 Å². The quantitative estimate of drug-likeness (QED) is 0.795. The van der Waals surface area contributed by atoms with E-state index in [1.54, 1.807) is 0 Å².